The Labute approximate surface area is 155 Å². The molecule has 10 nitrogen and oxygen atoms in total. The standard InChI is InChI=1S/C17H21N7O3/c1-4-24-15-11(9-19-24)14(20-10-5-6-26-13(25)7-10)12(8-18-15)16-21-22-17(27-16)23(2)3/h8-10H,4-7H2,1-3H3,(H,18,20). The molecule has 1 N–H and O–H groups in total. The van der Waals surface area contributed by atoms with E-state index in [9.17, 15) is 4.79 Å². The first-order chi connectivity index (χ1) is 13.1. The van der Waals surface area contributed by atoms with E-state index in [4.69, 9.17) is 9.15 Å². The second-order valence-corrected chi connectivity index (χ2v) is 6.58. The summed E-state index contributed by atoms with van der Waals surface area (Å²) in [5.41, 5.74) is 2.22. The monoisotopic (exact) mass is 371 g/mol. The van der Waals surface area contributed by atoms with Crippen LogP contribution in [0, 0.1) is 0 Å². The van der Waals surface area contributed by atoms with E-state index < -0.39 is 0 Å². The Morgan fingerprint density at radius 2 is 2.19 bits per heavy atom. The van der Waals surface area contributed by atoms with Crippen LogP contribution in [0.5, 0.6) is 0 Å². The van der Waals surface area contributed by atoms with Gasteiger partial charge in [-0.25, -0.2) is 9.67 Å². The zero-order chi connectivity index (χ0) is 19.0. The topological polar surface area (TPSA) is 111 Å². The largest absolute Gasteiger partial charge is 0.466 e. The van der Waals surface area contributed by atoms with E-state index in [1.807, 2.05) is 25.7 Å². The van der Waals surface area contributed by atoms with Gasteiger partial charge in [0.05, 0.1) is 35.9 Å². The number of ether oxygens (including phenoxy) is 1. The molecule has 1 aliphatic heterocycles. The number of anilines is 2. The highest BCUT2D eigenvalue weighted by atomic mass is 16.5. The van der Waals surface area contributed by atoms with Crippen LogP contribution in [0.4, 0.5) is 11.7 Å². The number of aryl methyl sites for hydroxylation is 1. The molecular weight excluding hydrogens is 350 g/mol. The van der Waals surface area contributed by atoms with Gasteiger partial charge in [-0.05, 0) is 6.92 Å². The van der Waals surface area contributed by atoms with Gasteiger partial charge in [0.25, 0.3) is 5.89 Å². The SMILES string of the molecule is CCn1ncc2c(NC3CCOC(=O)C3)c(-c3nnc(N(C)C)o3)cnc21. The highest BCUT2D eigenvalue weighted by Gasteiger charge is 2.25. The van der Waals surface area contributed by atoms with Crippen molar-refractivity contribution < 1.29 is 13.9 Å². The second kappa shape index (κ2) is 6.86. The summed E-state index contributed by atoms with van der Waals surface area (Å²) in [5.74, 6) is 0.153. The summed E-state index contributed by atoms with van der Waals surface area (Å²) < 4.78 is 12.6. The van der Waals surface area contributed by atoms with Gasteiger partial charge in [-0.15, -0.1) is 5.10 Å². The molecule has 142 valence electrons. The minimum absolute atomic E-state index is 0.0446. The molecule has 10 heteroatoms. The third-order valence-electron chi connectivity index (χ3n) is 4.48. The third kappa shape index (κ3) is 3.18. The van der Waals surface area contributed by atoms with Gasteiger partial charge in [-0.2, -0.15) is 5.10 Å². The molecular formula is C17H21N7O3. The second-order valence-electron chi connectivity index (χ2n) is 6.58. The molecule has 0 amide bonds. The van der Waals surface area contributed by atoms with E-state index in [1.54, 1.807) is 17.3 Å². The van der Waals surface area contributed by atoms with E-state index in [1.165, 1.54) is 0 Å². The number of fused-ring (bicyclic) bond motifs is 1. The zero-order valence-corrected chi connectivity index (χ0v) is 15.5. The Morgan fingerprint density at radius 3 is 2.89 bits per heavy atom. The van der Waals surface area contributed by atoms with Crippen LogP contribution in [-0.2, 0) is 16.1 Å². The Hall–Kier alpha value is -3.17. The van der Waals surface area contributed by atoms with E-state index in [-0.39, 0.29) is 12.0 Å². The van der Waals surface area contributed by atoms with Crippen molar-refractivity contribution >= 4 is 28.7 Å². The van der Waals surface area contributed by atoms with Crippen molar-refractivity contribution in [3.63, 3.8) is 0 Å². The van der Waals surface area contributed by atoms with Crippen LogP contribution in [-0.4, -0.2) is 57.7 Å². The quantitative estimate of drug-likeness (QED) is 0.670. The van der Waals surface area contributed by atoms with Crippen molar-refractivity contribution in [1.82, 2.24) is 25.0 Å². The van der Waals surface area contributed by atoms with Gasteiger partial charge in [0, 0.05) is 39.3 Å². The normalized spacial score (nSPS) is 17.1. The van der Waals surface area contributed by atoms with Gasteiger partial charge >= 0.3 is 12.0 Å². The number of carbonyl (C=O) groups is 1. The Bertz CT molecular complexity index is 978. The summed E-state index contributed by atoms with van der Waals surface area (Å²) in [6.45, 7) is 3.11. The average Bonchev–Trinajstić information content (AvgIpc) is 3.29. The number of esters is 1. The average molecular weight is 371 g/mol. The summed E-state index contributed by atoms with van der Waals surface area (Å²) >= 11 is 0. The number of hydrogen-bond acceptors (Lipinski definition) is 9. The van der Waals surface area contributed by atoms with Crippen molar-refractivity contribution in [3.05, 3.63) is 12.4 Å². The molecule has 0 aliphatic carbocycles. The lowest BCUT2D eigenvalue weighted by Crippen LogP contribution is -2.31. The minimum Gasteiger partial charge on any atom is -0.466 e. The number of nitrogens with one attached hydrogen (secondary N) is 1. The van der Waals surface area contributed by atoms with Crippen LogP contribution < -0.4 is 10.2 Å². The van der Waals surface area contributed by atoms with Crippen LogP contribution in [0.3, 0.4) is 0 Å². The fourth-order valence-electron chi connectivity index (χ4n) is 3.09. The maximum absolute atomic E-state index is 11.7. The Balaban J connectivity index is 1.80. The molecule has 1 atom stereocenters. The molecule has 0 aromatic carbocycles. The number of hydrogen-bond donors (Lipinski definition) is 1. The zero-order valence-electron chi connectivity index (χ0n) is 15.5. The van der Waals surface area contributed by atoms with Gasteiger partial charge in [-0.3, -0.25) is 4.79 Å². The lowest BCUT2D eigenvalue weighted by atomic mass is 10.1. The molecule has 1 aliphatic rings. The maximum Gasteiger partial charge on any atom is 0.317 e. The van der Waals surface area contributed by atoms with Crippen LogP contribution in [0.1, 0.15) is 19.8 Å². The van der Waals surface area contributed by atoms with E-state index in [2.05, 4.69) is 25.6 Å². The number of pyridine rings is 1. The van der Waals surface area contributed by atoms with Crippen LogP contribution in [0.25, 0.3) is 22.5 Å². The van der Waals surface area contributed by atoms with E-state index in [0.717, 1.165) is 23.1 Å². The highest BCUT2D eigenvalue weighted by molar-refractivity contribution is 5.96. The fraction of sp³-hybridized carbons (Fsp3) is 0.471. The summed E-state index contributed by atoms with van der Waals surface area (Å²) in [7, 11) is 3.66. The lowest BCUT2D eigenvalue weighted by Gasteiger charge is -2.24. The molecule has 1 saturated heterocycles. The van der Waals surface area contributed by atoms with Crippen molar-refractivity contribution in [1.29, 1.82) is 0 Å². The van der Waals surface area contributed by atoms with Crippen molar-refractivity contribution in [2.75, 3.05) is 30.9 Å². The number of cyclic esters (lactones) is 1. The molecule has 0 spiro atoms. The third-order valence-corrected chi connectivity index (χ3v) is 4.48. The lowest BCUT2D eigenvalue weighted by molar-refractivity contribution is -0.147. The predicted octanol–water partition coefficient (Wildman–Crippen LogP) is 1.68. The molecule has 3 aromatic rings. The van der Waals surface area contributed by atoms with Crippen LogP contribution in [0.15, 0.2) is 16.8 Å². The summed E-state index contributed by atoms with van der Waals surface area (Å²) in [6.07, 6.45) is 4.50. The van der Waals surface area contributed by atoms with Gasteiger partial charge in [0.15, 0.2) is 5.65 Å². The van der Waals surface area contributed by atoms with Crippen LogP contribution in [0.2, 0.25) is 0 Å². The summed E-state index contributed by atoms with van der Waals surface area (Å²) in [4.78, 5) is 18.0. The first-order valence-electron chi connectivity index (χ1n) is 8.84. The molecule has 3 aromatic heterocycles. The molecule has 4 rings (SSSR count). The molecule has 27 heavy (non-hydrogen) atoms. The van der Waals surface area contributed by atoms with E-state index in [0.29, 0.717) is 37.0 Å². The predicted molar refractivity (Wildman–Crippen MR) is 98.4 cm³/mol. The van der Waals surface area contributed by atoms with Crippen LogP contribution >= 0.6 is 0 Å². The van der Waals surface area contributed by atoms with Gasteiger partial charge in [0.1, 0.15) is 0 Å². The van der Waals surface area contributed by atoms with Gasteiger partial charge < -0.3 is 19.4 Å². The maximum atomic E-state index is 11.7. The number of aromatic nitrogens is 5. The Morgan fingerprint density at radius 1 is 1.33 bits per heavy atom. The summed E-state index contributed by atoms with van der Waals surface area (Å²) in [5, 5.41) is 16.9. The van der Waals surface area contributed by atoms with Crippen molar-refractivity contribution in [2.24, 2.45) is 0 Å². The van der Waals surface area contributed by atoms with Crippen molar-refractivity contribution in [2.45, 2.75) is 32.4 Å². The minimum atomic E-state index is -0.206. The Kier molecular flexibility index (Phi) is 4.38. The number of rotatable bonds is 5. The number of carbonyl (C=O) groups excluding carboxylic acids is 1. The molecule has 0 radical (unpaired) electrons. The molecule has 0 bridgehead atoms. The highest BCUT2D eigenvalue weighted by Crippen LogP contribution is 2.35. The molecule has 1 unspecified atom stereocenters. The fourth-order valence-corrected chi connectivity index (χ4v) is 3.09. The first kappa shape index (κ1) is 17.3. The van der Waals surface area contributed by atoms with Gasteiger partial charge in [-0.1, -0.05) is 5.10 Å². The van der Waals surface area contributed by atoms with Gasteiger partial charge in [0.2, 0.25) is 0 Å². The molecule has 0 saturated carbocycles. The van der Waals surface area contributed by atoms with Crippen molar-refractivity contribution in [3.8, 4) is 11.5 Å². The first-order valence-corrected chi connectivity index (χ1v) is 8.84. The number of nitrogens with zero attached hydrogens (tertiary/aromatic N) is 6. The molecule has 4 heterocycles. The van der Waals surface area contributed by atoms with E-state index >= 15 is 0 Å². The summed E-state index contributed by atoms with van der Waals surface area (Å²) in [6, 6.07) is 0.360. The smallest absolute Gasteiger partial charge is 0.317 e. The molecule has 1 fully saturated rings.